The number of nitrogens with zero attached hydrogens (tertiary/aromatic N) is 1. The van der Waals surface area contributed by atoms with Gasteiger partial charge in [0.05, 0.1) is 18.1 Å². The standard InChI is InChI=1S/C18H26N2O4S/c1-13-6-7-17(10-18(13)19-14(2)21)25(22,23)20-8-9-24-12-16(11-20)15-4-3-5-15/h6-7,10,15-16H,3-5,8-9,11-12H2,1-2H3,(H,19,21). The predicted molar refractivity (Wildman–Crippen MR) is 95.9 cm³/mol. The van der Waals surface area contributed by atoms with Gasteiger partial charge in [-0.15, -0.1) is 0 Å². The second-order valence-corrected chi connectivity index (χ2v) is 8.98. The minimum Gasteiger partial charge on any atom is -0.380 e. The van der Waals surface area contributed by atoms with Crippen molar-refractivity contribution in [3.05, 3.63) is 23.8 Å². The van der Waals surface area contributed by atoms with E-state index in [1.807, 2.05) is 6.92 Å². The molecular weight excluding hydrogens is 340 g/mol. The van der Waals surface area contributed by atoms with E-state index in [-0.39, 0.29) is 16.7 Å². The molecule has 1 heterocycles. The molecule has 1 amide bonds. The van der Waals surface area contributed by atoms with Gasteiger partial charge in [0.1, 0.15) is 0 Å². The molecule has 1 aromatic rings. The van der Waals surface area contributed by atoms with Crippen LogP contribution < -0.4 is 5.32 Å². The number of carbonyl (C=O) groups excluding carboxylic acids is 1. The average molecular weight is 366 g/mol. The van der Waals surface area contributed by atoms with Gasteiger partial charge in [-0.2, -0.15) is 4.31 Å². The molecule has 2 aliphatic rings. The lowest BCUT2D eigenvalue weighted by molar-refractivity contribution is -0.114. The van der Waals surface area contributed by atoms with E-state index in [4.69, 9.17) is 4.74 Å². The second kappa shape index (κ2) is 7.43. The van der Waals surface area contributed by atoms with Crippen molar-refractivity contribution in [3.8, 4) is 0 Å². The topological polar surface area (TPSA) is 75.7 Å². The molecule has 0 bridgehead atoms. The van der Waals surface area contributed by atoms with Gasteiger partial charge < -0.3 is 10.1 Å². The Morgan fingerprint density at radius 2 is 2.04 bits per heavy atom. The number of hydrogen-bond donors (Lipinski definition) is 1. The lowest BCUT2D eigenvalue weighted by Crippen LogP contribution is -2.39. The van der Waals surface area contributed by atoms with E-state index in [0.717, 1.165) is 5.56 Å². The molecule has 1 aliphatic carbocycles. The van der Waals surface area contributed by atoms with E-state index < -0.39 is 10.0 Å². The Morgan fingerprint density at radius 1 is 1.28 bits per heavy atom. The van der Waals surface area contributed by atoms with Crippen LogP contribution in [-0.4, -0.2) is 44.9 Å². The molecule has 1 unspecified atom stereocenters. The molecule has 6 nitrogen and oxygen atoms in total. The quantitative estimate of drug-likeness (QED) is 0.888. The van der Waals surface area contributed by atoms with Gasteiger partial charge in [-0.3, -0.25) is 4.79 Å². The van der Waals surface area contributed by atoms with E-state index in [9.17, 15) is 13.2 Å². The molecule has 1 saturated carbocycles. The highest BCUT2D eigenvalue weighted by atomic mass is 32.2. The number of amides is 1. The van der Waals surface area contributed by atoms with Crippen molar-refractivity contribution in [2.75, 3.05) is 31.6 Å². The number of nitrogens with one attached hydrogen (secondary N) is 1. The van der Waals surface area contributed by atoms with Gasteiger partial charge >= 0.3 is 0 Å². The predicted octanol–water partition coefficient (Wildman–Crippen LogP) is 2.39. The number of aryl methyl sites for hydroxylation is 1. The number of sulfonamides is 1. The molecule has 1 aromatic carbocycles. The molecule has 1 atom stereocenters. The fourth-order valence-corrected chi connectivity index (χ4v) is 4.96. The Hall–Kier alpha value is -1.44. The first-order valence-electron chi connectivity index (χ1n) is 8.84. The first kappa shape index (κ1) is 18.4. The van der Waals surface area contributed by atoms with Crippen LogP contribution >= 0.6 is 0 Å². The third-order valence-corrected chi connectivity index (χ3v) is 7.09. The third kappa shape index (κ3) is 4.04. The van der Waals surface area contributed by atoms with Gasteiger partial charge in [-0.05, 0) is 36.5 Å². The molecule has 2 fully saturated rings. The Labute approximate surface area is 149 Å². The van der Waals surface area contributed by atoms with Crippen LogP contribution in [0.1, 0.15) is 31.7 Å². The van der Waals surface area contributed by atoms with E-state index in [1.165, 1.54) is 26.2 Å². The van der Waals surface area contributed by atoms with Crippen LogP contribution in [-0.2, 0) is 19.6 Å². The molecule has 3 rings (SSSR count). The lowest BCUT2D eigenvalue weighted by Gasteiger charge is -2.34. The number of carbonyl (C=O) groups is 1. The fourth-order valence-electron chi connectivity index (χ4n) is 3.46. The summed E-state index contributed by atoms with van der Waals surface area (Å²) in [6.07, 6.45) is 3.56. The summed E-state index contributed by atoms with van der Waals surface area (Å²) in [5.41, 5.74) is 1.37. The highest BCUT2D eigenvalue weighted by molar-refractivity contribution is 7.89. The van der Waals surface area contributed by atoms with Crippen molar-refractivity contribution in [2.24, 2.45) is 11.8 Å². The Kier molecular flexibility index (Phi) is 5.46. The maximum absolute atomic E-state index is 13.1. The van der Waals surface area contributed by atoms with Gasteiger partial charge in [0.25, 0.3) is 0 Å². The number of rotatable bonds is 4. The highest BCUT2D eigenvalue weighted by Crippen LogP contribution is 2.35. The molecule has 138 valence electrons. The SMILES string of the molecule is CC(=O)Nc1cc(S(=O)(=O)N2CCOCC(C3CCC3)C2)ccc1C. The lowest BCUT2D eigenvalue weighted by atomic mass is 9.76. The summed E-state index contributed by atoms with van der Waals surface area (Å²) in [6, 6.07) is 4.89. The summed E-state index contributed by atoms with van der Waals surface area (Å²) in [7, 11) is -3.61. The van der Waals surface area contributed by atoms with Gasteiger partial charge in [-0.25, -0.2) is 8.42 Å². The number of benzene rings is 1. The van der Waals surface area contributed by atoms with Crippen molar-refractivity contribution in [1.82, 2.24) is 4.31 Å². The van der Waals surface area contributed by atoms with E-state index >= 15 is 0 Å². The van der Waals surface area contributed by atoms with Gasteiger partial charge in [0.2, 0.25) is 15.9 Å². The van der Waals surface area contributed by atoms with Crippen LogP contribution in [0.5, 0.6) is 0 Å². The minimum atomic E-state index is -3.61. The van der Waals surface area contributed by atoms with Crippen LogP contribution in [0, 0.1) is 18.8 Å². The summed E-state index contributed by atoms with van der Waals surface area (Å²) in [5, 5.41) is 2.70. The normalized spacial score (nSPS) is 22.9. The number of hydrogen-bond acceptors (Lipinski definition) is 4. The van der Waals surface area contributed by atoms with Gasteiger partial charge in [-0.1, -0.05) is 25.3 Å². The van der Waals surface area contributed by atoms with E-state index in [0.29, 0.717) is 37.9 Å². The summed E-state index contributed by atoms with van der Waals surface area (Å²) in [5.74, 6) is 0.626. The van der Waals surface area contributed by atoms with Crippen molar-refractivity contribution in [3.63, 3.8) is 0 Å². The van der Waals surface area contributed by atoms with Crippen LogP contribution in [0.15, 0.2) is 23.1 Å². The first-order valence-corrected chi connectivity index (χ1v) is 10.3. The molecule has 1 aliphatic heterocycles. The highest BCUT2D eigenvalue weighted by Gasteiger charge is 2.35. The molecule has 0 aromatic heterocycles. The van der Waals surface area contributed by atoms with Crippen molar-refractivity contribution >= 4 is 21.6 Å². The van der Waals surface area contributed by atoms with Crippen molar-refractivity contribution in [2.45, 2.75) is 38.0 Å². The Morgan fingerprint density at radius 3 is 2.68 bits per heavy atom. The van der Waals surface area contributed by atoms with E-state index in [1.54, 1.807) is 22.5 Å². The average Bonchev–Trinajstić information content (AvgIpc) is 2.73. The molecule has 7 heteroatoms. The van der Waals surface area contributed by atoms with E-state index in [2.05, 4.69) is 5.32 Å². The summed E-state index contributed by atoms with van der Waals surface area (Å²) in [6.45, 7) is 5.20. The zero-order valence-electron chi connectivity index (χ0n) is 14.8. The zero-order chi connectivity index (χ0) is 18.0. The Balaban J connectivity index is 1.85. The Bertz CT molecular complexity index is 743. The summed E-state index contributed by atoms with van der Waals surface area (Å²) in [4.78, 5) is 11.6. The molecule has 1 saturated heterocycles. The van der Waals surface area contributed by atoms with Crippen LogP contribution in [0.3, 0.4) is 0 Å². The van der Waals surface area contributed by atoms with Crippen LogP contribution in [0.25, 0.3) is 0 Å². The summed E-state index contributed by atoms with van der Waals surface area (Å²) < 4.78 is 33.4. The van der Waals surface area contributed by atoms with Crippen molar-refractivity contribution < 1.29 is 17.9 Å². The van der Waals surface area contributed by atoms with Gasteiger partial charge in [0.15, 0.2) is 0 Å². The molecular formula is C18H26N2O4S. The van der Waals surface area contributed by atoms with Crippen LogP contribution in [0.4, 0.5) is 5.69 Å². The minimum absolute atomic E-state index is 0.217. The smallest absolute Gasteiger partial charge is 0.243 e. The number of anilines is 1. The summed E-state index contributed by atoms with van der Waals surface area (Å²) >= 11 is 0. The number of ether oxygens (including phenoxy) is 1. The molecule has 0 spiro atoms. The maximum atomic E-state index is 13.1. The second-order valence-electron chi connectivity index (χ2n) is 7.05. The molecule has 25 heavy (non-hydrogen) atoms. The third-order valence-electron chi connectivity index (χ3n) is 5.23. The monoisotopic (exact) mass is 366 g/mol. The largest absolute Gasteiger partial charge is 0.380 e. The molecule has 0 radical (unpaired) electrons. The zero-order valence-corrected chi connectivity index (χ0v) is 15.6. The fraction of sp³-hybridized carbons (Fsp3) is 0.611. The van der Waals surface area contributed by atoms with Crippen LogP contribution in [0.2, 0.25) is 0 Å². The molecule has 1 N–H and O–H groups in total. The maximum Gasteiger partial charge on any atom is 0.243 e. The first-order chi connectivity index (χ1) is 11.9. The van der Waals surface area contributed by atoms with Crippen molar-refractivity contribution in [1.29, 1.82) is 0 Å². The van der Waals surface area contributed by atoms with Gasteiger partial charge in [0, 0.05) is 25.7 Å².